The molecule has 0 saturated heterocycles. The van der Waals surface area contributed by atoms with Crippen molar-refractivity contribution in [1.82, 2.24) is 5.32 Å². The van der Waals surface area contributed by atoms with Crippen LogP contribution in [0.15, 0.2) is 78.9 Å². The van der Waals surface area contributed by atoms with E-state index < -0.39 is 18.1 Å². The third-order valence-electron chi connectivity index (χ3n) is 7.52. The fraction of sp³-hybridized carbons (Fsp3) is 0.235. The Morgan fingerprint density at radius 1 is 0.929 bits per heavy atom. The number of fused-ring (bicyclic) bond motifs is 3. The van der Waals surface area contributed by atoms with Gasteiger partial charge in [-0.2, -0.15) is 0 Å². The molecule has 1 amide bonds. The molecular weight excluding hydrogens is 554 g/mol. The molecule has 0 radical (unpaired) electrons. The largest absolute Gasteiger partial charge is 0.496 e. The zero-order valence-corrected chi connectivity index (χ0v) is 24.4. The van der Waals surface area contributed by atoms with Gasteiger partial charge in [0.1, 0.15) is 30.8 Å². The molecule has 1 aliphatic rings. The average molecular weight is 586 g/mol. The van der Waals surface area contributed by atoms with Crippen molar-refractivity contribution in [3.8, 4) is 22.6 Å². The molecule has 7 nitrogen and oxygen atoms in total. The van der Waals surface area contributed by atoms with Gasteiger partial charge in [-0.1, -0.05) is 66.2 Å². The molecule has 0 aromatic heterocycles. The van der Waals surface area contributed by atoms with Crippen LogP contribution in [0.25, 0.3) is 11.1 Å². The molecular formula is C34H32ClNO6. The number of methoxy groups -OCH3 is 1. The summed E-state index contributed by atoms with van der Waals surface area (Å²) in [5, 5.41) is 13.1. The molecule has 0 fully saturated rings. The van der Waals surface area contributed by atoms with E-state index in [0.29, 0.717) is 22.1 Å². The minimum absolute atomic E-state index is 0.0513. The van der Waals surface area contributed by atoms with Gasteiger partial charge in [0.2, 0.25) is 0 Å². The van der Waals surface area contributed by atoms with E-state index in [1.165, 1.54) is 0 Å². The first kappa shape index (κ1) is 29.0. The normalized spacial score (nSPS) is 12.7. The zero-order chi connectivity index (χ0) is 29.8. The van der Waals surface area contributed by atoms with Crippen LogP contribution in [-0.4, -0.2) is 36.9 Å². The molecule has 0 aliphatic heterocycles. The first-order chi connectivity index (χ1) is 20.2. The Balaban J connectivity index is 1.24. The Kier molecular flexibility index (Phi) is 8.69. The summed E-state index contributed by atoms with van der Waals surface area (Å²) in [7, 11) is 1.56. The molecule has 1 atom stereocenters. The van der Waals surface area contributed by atoms with Crippen molar-refractivity contribution in [2.45, 2.75) is 38.8 Å². The maximum absolute atomic E-state index is 12.8. The second-order valence-electron chi connectivity index (χ2n) is 10.4. The molecule has 0 bridgehead atoms. The molecule has 8 heteroatoms. The lowest BCUT2D eigenvalue weighted by molar-refractivity contribution is -0.139. The van der Waals surface area contributed by atoms with Crippen LogP contribution in [0, 0.1) is 13.8 Å². The van der Waals surface area contributed by atoms with Gasteiger partial charge in [0.15, 0.2) is 0 Å². The summed E-state index contributed by atoms with van der Waals surface area (Å²) >= 11 is 6.28. The molecule has 1 unspecified atom stereocenters. The van der Waals surface area contributed by atoms with Gasteiger partial charge < -0.3 is 24.6 Å². The number of hydrogen-bond donors (Lipinski definition) is 2. The number of benzene rings is 4. The van der Waals surface area contributed by atoms with Crippen molar-refractivity contribution in [1.29, 1.82) is 0 Å². The molecule has 216 valence electrons. The summed E-state index contributed by atoms with van der Waals surface area (Å²) in [6.45, 7) is 4.13. The van der Waals surface area contributed by atoms with Crippen molar-refractivity contribution in [2.24, 2.45) is 0 Å². The Morgan fingerprint density at radius 3 is 2.14 bits per heavy atom. The van der Waals surface area contributed by atoms with E-state index in [-0.39, 0.29) is 25.6 Å². The maximum atomic E-state index is 12.8. The van der Waals surface area contributed by atoms with E-state index >= 15 is 0 Å². The van der Waals surface area contributed by atoms with Gasteiger partial charge in [-0.15, -0.1) is 0 Å². The molecule has 42 heavy (non-hydrogen) atoms. The van der Waals surface area contributed by atoms with Crippen molar-refractivity contribution in [3.05, 3.63) is 117 Å². The Hall–Kier alpha value is -4.49. The fourth-order valence-corrected chi connectivity index (χ4v) is 5.55. The van der Waals surface area contributed by atoms with E-state index in [0.717, 1.165) is 38.9 Å². The van der Waals surface area contributed by atoms with Gasteiger partial charge in [-0.05, 0) is 77.1 Å². The topological polar surface area (TPSA) is 94.1 Å². The van der Waals surface area contributed by atoms with Crippen LogP contribution >= 0.6 is 11.6 Å². The first-order valence-corrected chi connectivity index (χ1v) is 14.0. The number of hydrogen-bond acceptors (Lipinski definition) is 5. The monoisotopic (exact) mass is 585 g/mol. The van der Waals surface area contributed by atoms with Gasteiger partial charge in [0.25, 0.3) is 0 Å². The number of amides is 1. The third-order valence-corrected chi connectivity index (χ3v) is 8.12. The van der Waals surface area contributed by atoms with E-state index in [1.54, 1.807) is 19.2 Å². The molecule has 2 N–H and O–H groups in total. The third kappa shape index (κ3) is 6.21. The highest BCUT2D eigenvalue weighted by atomic mass is 35.5. The summed E-state index contributed by atoms with van der Waals surface area (Å²) < 4.78 is 17.1. The molecule has 0 saturated carbocycles. The summed E-state index contributed by atoms with van der Waals surface area (Å²) in [5.74, 6) is -0.00671. The van der Waals surface area contributed by atoms with Crippen LogP contribution in [0.1, 0.15) is 39.3 Å². The van der Waals surface area contributed by atoms with Gasteiger partial charge in [0.05, 0.1) is 7.11 Å². The number of carboxylic acid groups (broad SMARTS) is 1. The van der Waals surface area contributed by atoms with E-state index in [4.69, 9.17) is 25.8 Å². The van der Waals surface area contributed by atoms with Crippen LogP contribution in [-0.2, 0) is 22.6 Å². The smallest absolute Gasteiger partial charge is 0.407 e. The number of aryl methyl sites for hydroxylation is 2. The lowest BCUT2D eigenvalue weighted by atomic mass is 9.98. The molecule has 5 rings (SSSR count). The van der Waals surface area contributed by atoms with Gasteiger partial charge in [0, 0.05) is 22.9 Å². The minimum Gasteiger partial charge on any atom is -0.496 e. The van der Waals surface area contributed by atoms with Crippen LogP contribution in [0.5, 0.6) is 11.5 Å². The number of carbonyl (C=O) groups excluding carboxylic acids is 1. The van der Waals surface area contributed by atoms with Gasteiger partial charge in [-0.25, -0.2) is 9.59 Å². The van der Waals surface area contributed by atoms with Crippen molar-refractivity contribution in [2.75, 3.05) is 13.7 Å². The number of carbonyl (C=O) groups is 2. The van der Waals surface area contributed by atoms with Crippen molar-refractivity contribution >= 4 is 23.7 Å². The van der Waals surface area contributed by atoms with Crippen LogP contribution < -0.4 is 14.8 Å². The van der Waals surface area contributed by atoms with E-state index in [2.05, 4.69) is 17.4 Å². The van der Waals surface area contributed by atoms with Gasteiger partial charge in [-0.3, -0.25) is 0 Å². The number of alkyl carbamates (subject to hydrolysis) is 1. The Labute approximate surface area is 250 Å². The Morgan fingerprint density at radius 2 is 1.55 bits per heavy atom. The van der Waals surface area contributed by atoms with E-state index in [1.807, 2.05) is 68.4 Å². The summed E-state index contributed by atoms with van der Waals surface area (Å²) in [4.78, 5) is 24.9. The maximum Gasteiger partial charge on any atom is 0.407 e. The molecule has 0 spiro atoms. The number of aliphatic carboxylic acids is 1. The highest BCUT2D eigenvalue weighted by Crippen LogP contribution is 2.44. The van der Waals surface area contributed by atoms with Gasteiger partial charge >= 0.3 is 12.1 Å². The number of halogens is 1. The predicted molar refractivity (Wildman–Crippen MR) is 162 cm³/mol. The second-order valence-corrected chi connectivity index (χ2v) is 10.7. The minimum atomic E-state index is -1.19. The summed E-state index contributed by atoms with van der Waals surface area (Å²) in [6, 6.07) is 24.0. The molecule has 1 aliphatic carbocycles. The van der Waals surface area contributed by atoms with Crippen LogP contribution in [0.4, 0.5) is 4.79 Å². The number of carboxylic acids is 1. The lowest BCUT2D eigenvalue weighted by Gasteiger charge is -2.18. The van der Waals surface area contributed by atoms with Crippen LogP contribution in [0.3, 0.4) is 0 Å². The number of ether oxygens (including phenoxy) is 3. The van der Waals surface area contributed by atoms with E-state index in [9.17, 15) is 14.7 Å². The fourth-order valence-electron chi connectivity index (χ4n) is 5.44. The number of nitrogens with one attached hydrogen (secondary N) is 1. The standard InChI is InChI=1S/C34H32ClNO6/c1-20-14-24(15-21(2)32(20)35)41-18-23-16-22(12-13-31(23)40-3)17-30(33(37)38)36-34(39)42-19-29-27-10-6-4-8-25(27)26-9-5-7-11-28(26)29/h4-16,29-30H,17-19H2,1-3H3,(H,36,39)(H,37,38). The zero-order valence-electron chi connectivity index (χ0n) is 23.6. The summed E-state index contributed by atoms with van der Waals surface area (Å²) in [5.41, 5.74) is 7.66. The highest BCUT2D eigenvalue weighted by molar-refractivity contribution is 6.32. The SMILES string of the molecule is COc1ccc(CC(NC(=O)OCC2c3ccccc3-c3ccccc32)C(=O)O)cc1COc1cc(C)c(Cl)c(C)c1. The molecule has 0 heterocycles. The second kappa shape index (κ2) is 12.6. The summed E-state index contributed by atoms with van der Waals surface area (Å²) in [6.07, 6.45) is -0.731. The average Bonchev–Trinajstić information content (AvgIpc) is 3.31. The lowest BCUT2D eigenvalue weighted by Crippen LogP contribution is -2.42. The molecule has 4 aromatic carbocycles. The quantitative estimate of drug-likeness (QED) is 0.207. The van der Waals surface area contributed by atoms with Crippen LogP contribution in [0.2, 0.25) is 5.02 Å². The highest BCUT2D eigenvalue weighted by Gasteiger charge is 2.30. The van der Waals surface area contributed by atoms with Crippen molar-refractivity contribution < 1.29 is 28.9 Å². The van der Waals surface area contributed by atoms with Crippen molar-refractivity contribution in [3.63, 3.8) is 0 Å². The number of rotatable bonds is 10. The molecule has 4 aromatic rings. The first-order valence-electron chi connectivity index (χ1n) is 13.6. The Bertz CT molecular complexity index is 1570. The predicted octanol–water partition coefficient (Wildman–Crippen LogP) is 7.08.